The number of hydrogen-bond acceptors (Lipinski definition) is 4. The van der Waals surface area contributed by atoms with Crippen molar-refractivity contribution in [3.63, 3.8) is 0 Å². The lowest BCUT2D eigenvalue weighted by atomic mass is 10.2. The summed E-state index contributed by atoms with van der Waals surface area (Å²) in [6, 6.07) is 4.22. The SMILES string of the molecule is COC(=O)CCCOc1ccc(C(=O)O)cc1Cl. The van der Waals surface area contributed by atoms with Crippen LogP contribution < -0.4 is 4.74 Å². The Bertz CT molecular complexity index is 444. The molecule has 0 radical (unpaired) electrons. The zero-order chi connectivity index (χ0) is 13.5. The van der Waals surface area contributed by atoms with Crippen LogP contribution in [0.1, 0.15) is 23.2 Å². The number of ether oxygens (including phenoxy) is 2. The van der Waals surface area contributed by atoms with Crippen molar-refractivity contribution in [2.75, 3.05) is 13.7 Å². The van der Waals surface area contributed by atoms with Crippen molar-refractivity contribution in [1.82, 2.24) is 0 Å². The fourth-order valence-corrected chi connectivity index (χ4v) is 1.49. The Morgan fingerprint density at radius 2 is 2.11 bits per heavy atom. The normalized spacial score (nSPS) is 9.89. The van der Waals surface area contributed by atoms with Crippen molar-refractivity contribution >= 4 is 23.5 Å². The number of esters is 1. The first-order chi connectivity index (χ1) is 8.54. The van der Waals surface area contributed by atoms with Gasteiger partial charge in [-0.3, -0.25) is 4.79 Å². The molecule has 0 spiro atoms. The monoisotopic (exact) mass is 272 g/mol. The molecule has 1 aromatic carbocycles. The summed E-state index contributed by atoms with van der Waals surface area (Å²) in [4.78, 5) is 21.5. The largest absolute Gasteiger partial charge is 0.492 e. The van der Waals surface area contributed by atoms with Crippen molar-refractivity contribution in [3.05, 3.63) is 28.8 Å². The van der Waals surface area contributed by atoms with Crippen molar-refractivity contribution < 1.29 is 24.2 Å². The van der Waals surface area contributed by atoms with E-state index in [-0.39, 0.29) is 23.0 Å². The van der Waals surface area contributed by atoms with Gasteiger partial charge in [0, 0.05) is 6.42 Å². The van der Waals surface area contributed by atoms with E-state index in [1.165, 1.54) is 25.3 Å². The topological polar surface area (TPSA) is 72.8 Å². The Kier molecular flexibility index (Phi) is 5.45. The first-order valence-electron chi connectivity index (χ1n) is 5.27. The smallest absolute Gasteiger partial charge is 0.335 e. The van der Waals surface area contributed by atoms with Gasteiger partial charge in [0.2, 0.25) is 0 Å². The number of carboxylic acids is 1. The summed E-state index contributed by atoms with van der Waals surface area (Å²) in [6.45, 7) is 0.307. The van der Waals surface area contributed by atoms with Gasteiger partial charge in [-0.1, -0.05) is 11.6 Å². The summed E-state index contributed by atoms with van der Waals surface area (Å²) in [6.07, 6.45) is 0.769. The maximum absolute atomic E-state index is 10.8. The summed E-state index contributed by atoms with van der Waals surface area (Å²) in [5.41, 5.74) is 0.0990. The van der Waals surface area contributed by atoms with Gasteiger partial charge < -0.3 is 14.6 Å². The third kappa shape index (κ3) is 4.25. The van der Waals surface area contributed by atoms with E-state index in [0.29, 0.717) is 18.8 Å². The van der Waals surface area contributed by atoms with Crippen LogP contribution in [-0.2, 0) is 9.53 Å². The van der Waals surface area contributed by atoms with E-state index in [1.807, 2.05) is 0 Å². The minimum Gasteiger partial charge on any atom is -0.492 e. The molecule has 0 aliphatic heterocycles. The third-order valence-electron chi connectivity index (χ3n) is 2.19. The molecule has 0 aromatic heterocycles. The quantitative estimate of drug-likeness (QED) is 0.636. The second-order valence-electron chi connectivity index (χ2n) is 3.48. The Morgan fingerprint density at radius 1 is 1.39 bits per heavy atom. The summed E-state index contributed by atoms with van der Waals surface area (Å²) in [5.74, 6) is -0.952. The molecular formula is C12H13ClO5. The average Bonchev–Trinajstić information content (AvgIpc) is 2.35. The van der Waals surface area contributed by atoms with Crippen LogP contribution in [0.4, 0.5) is 0 Å². The van der Waals surface area contributed by atoms with Crippen molar-refractivity contribution in [2.45, 2.75) is 12.8 Å². The zero-order valence-corrected chi connectivity index (χ0v) is 10.6. The second-order valence-corrected chi connectivity index (χ2v) is 3.89. The van der Waals surface area contributed by atoms with Gasteiger partial charge in [-0.05, 0) is 24.6 Å². The molecule has 0 aliphatic rings. The summed E-state index contributed by atoms with van der Waals surface area (Å²) < 4.78 is 9.82. The molecular weight excluding hydrogens is 260 g/mol. The van der Waals surface area contributed by atoms with Crippen molar-refractivity contribution in [2.24, 2.45) is 0 Å². The predicted molar refractivity (Wildman–Crippen MR) is 65.2 cm³/mol. The highest BCUT2D eigenvalue weighted by molar-refractivity contribution is 6.32. The van der Waals surface area contributed by atoms with Crippen LogP contribution >= 0.6 is 11.6 Å². The van der Waals surface area contributed by atoms with Crippen LogP contribution in [0.2, 0.25) is 5.02 Å². The first kappa shape index (κ1) is 14.3. The Hall–Kier alpha value is -1.75. The van der Waals surface area contributed by atoms with Gasteiger partial charge in [-0.15, -0.1) is 0 Å². The lowest BCUT2D eigenvalue weighted by Crippen LogP contribution is -2.05. The van der Waals surface area contributed by atoms with Gasteiger partial charge >= 0.3 is 11.9 Å². The highest BCUT2D eigenvalue weighted by Crippen LogP contribution is 2.25. The van der Waals surface area contributed by atoms with Crippen molar-refractivity contribution in [1.29, 1.82) is 0 Å². The fourth-order valence-electron chi connectivity index (χ4n) is 1.25. The predicted octanol–water partition coefficient (Wildman–Crippen LogP) is 2.37. The van der Waals surface area contributed by atoms with Crippen LogP contribution in [0.15, 0.2) is 18.2 Å². The lowest BCUT2D eigenvalue weighted by molar-refractivity contribution is -0.140. The molecule has 98 valence electrons. The number of halogens is 1. The molecule has 0 amide bonds. The minimum atomic E-state index is -1.05. The molecule has 0 heterocycles. The summed E-state index contributed by atoms with van der Waals surface area (Å²) in [5, 5.41) is 8.98. The average molecular weight is 273 g/mol. The molecule has 0 bridgehead atoms. The van der Waals surface area contributed by atoms with E-state index in [4.69, 9.17) is 21.4 Å². The summed E-state index contributed by atoms with van der Waals surface area (Å²) >= 11 is 5.86. The molecule has 6 heteroatoms. The first-order valence-corrected chi connectivity index (χ1v) is 5.65. The maximum atomic E-state index is 10.8. The Balaban J connectivity index is 2.48. The van der Waals surface area contributed by atoms with Crippen LogP contribution in [-0.4, -0.2) is 30.8 Å². The second kappa shape index (κ2) is 6.86. The standard InChI is InChI=1S/C12H13ClO5/c1-17-11(14)3-2-6-18-10-5-4-8(12(15)16)7-9(10)13/h4-5,7H,2-3,6H2,1H3,(H,15,16). The van der Waals surface area contributed by atoms with Crippen LogP contribution in [0.5, 0.6) is 5.75 Å². The number of methoxy groups -OCH3 is 1. The number of carbonyl (C=O) groups is 2. The van der Waals surface area contributed by atoms with Gasteiger partial charge in [-0.2, -0.15) is 0 Å². The van der Waals surface area contributed by atoms with E-state index in [9.17, 15) is 9.59 Å². The Morgan fingerprint density at radius 3 is 2.67 bits per heavy atom. The highest BCUT2D eigenvalue weighted by Gasteiger charge is 2.08. The molecule has 1 aromatic rings. The fraction of sp³-hybridized carbons (Fsp3) is 0.333. The van der Waals surface area contributed by atoms with Gasteiger partial charge in [0.15, 0.2) is 0 Å². The molecule has 1 N–H and O–H groups in total. The van der Waals surface area contributed by atoms with Crippen LogP contribution in [0.25, 0.3) is 0 Å². The van der Waals surface area contributed by atoms with E-state index < -0.39 is 5.97 Å². The van der Waals surface area contributed by atoms with E-state index >= 15 is 0 Å². The van der Waals surface area contributed by atoms with E-state index in [0.717, 1.165) is 0 Å². The molecule has 0 saturated carbocycles. The molecule has 0 unspecified atom stereocenters. The molecule has 18 heavy (non-hydrogen) atoms. The molecule has 0 fully saturated rings. The third-order valence-corrected chi connectivity index (χ3v) is 2.48. The minimum absolute atomic E-state index is 0.0990. The Labute approximate surface area is 109 Å². The van der Waals surface area contributed by atoms with Crippen LogP contribution in [0.3, 0.4) is 0 Å². The van der Waals surface area contributed by atoms with Crippen LogP contribution in [0, 0.1) is 0 Å². The van der Waals surface area contributed by atoms with Crippen molar-refractivity contribution in [3.8, 4) is 5.75 Å². The van der Waals surface area contributed by atoms with Gasteiger partial charge in [0.25, 0.3) is 0 Å². The van der Waals surface area contributed by atoms with Gasteiger partial charge in [0.1, 0.15) is 5.75 Å². The summed E-state index contributed by atoms with van der Waals surface area (Å²) in [7, 11) is 1.32. The lowest BCUT2D eigenvalue weighted by Gasteiger charge is -2.08. The highest BCUT2D eigenvalue weighted by atomic mass is 35.5. The van der Waals surface area contributed by atoms with Gasteiger partial charge in [-0.25, -0.2) is 4.79 Å². The molecule has 0 saturated heterocycles. The molecule has 1 rings (SSSR count). The molecule has 0 aliphatic carbocycles. The number of carboxylic acid groups (broad SMARTS) is 1. The van der Waals surface area contributed by atoms with E-state index in [1.54, 1.807) is 0 Å². The zero-order valence-electron chi connectivity index (χ0n) is 9.81. The molecule has 5 nitrogen and oxygen atoms in total. The number of carbonyl (C=O) groups excluding carboxylic acids is 1. The maximum Gasteiger partial charge on any atom is 0.335 e. The number of aromatic carboxylic acids is 1. The van der Waals surface area contributed by atoms with E-state index in [2.05, 4.69) is 4.74 Å². The number of benzene rings is 1. The van der Waals surface area contributed by atoms with Gasteiger partial charge in [0.05, 0.1) is 24.3 Å². The number of rotatable bonds is 6. The number of hydrogen-bond donors (Lipinski definition) is 1. The molecule has 0 atom stereocenters.